The maximum atomic E-state index is 12.0. The van der Waals surface area contributed by atoms with Crippen molar-refractivity contribution in [3.05, 3.63) is 59.3 Å². The molecule has 3 N–H and O–H groups in total. The van der Waals surface area contributed by atoms with Gasteiger partial charge in [-0.15, -0.1) is 11.3 Å². The Morgan fingerprint density at radius 2 is 1.96 bits per heavy atom. The number of thiazole rings is 1. The summed E-state index contributed by atoms with van der Waals surface area (Å²) in [5.41, 5.74) is 6.68. The first-order chi connectivity index (χ1) is 12.1. The molecule has 0 saturated carbocycles. The lowest BCUT2D eigenvalue weighted by Gasteiger charge is -2.00. The van der Waals surface area contributed by atoms with Crippen LogP contribution in [-0.4, -0.2) is 16.8 Å². The van der Waals surface area contributed by atoms with Crippen molar-refractivity contribution in [3.8, 4) is 11.3 Å². The summed E-state index contributed by atoms with van der Waals surface area (Å²) in [7, 11) is 0. The number of carbonyl (C=O) groups is 2. The molecule has 0 bridgehead atoms. The van der Waals surface area contributed by atoms with Crippen LogP contribution in [0.1, 0.15) is 17.9 Å². The molecule has 6 nitrogen and oxygen atoms in total. The number of aryl methyl sites for hydroxylation is 1. The summed E-state index contributed by atoms with van der Waals surface area (Å²) in [6.45, 7) is 0. The Morgan fingerprint density at radius 3 is 2.72 bits per heavy atom. The van der Waals surface area contributed by atoms with E-state index in [-0.39, 0.29) is 18.7 Å². The van der Waals surface area contributed by atoms with Crippen molar-refractivity contribution in [3.63, 3.8) is 0 Å². The number of primary amides is 1. The predicted octanol–water partition coefficient (Wildman–Crippen LogP) is 3.00. The Morgan fingerprint density at radius 1 is 1.16 bits per heavy atom. The molecule has 0 atom stereocenters. The minimum absolute atomic E-state index is 0.0705. The van der Waals surface area contributed by atoms with Gasteiger partial charge in [0.05, 0.1) is 12.1 Å². The summed E-state index contributed by atoms with van der Waals surface area (Å²) in [4.78, 5) is 27.0. The molecule has 0 spiro atoms. The number of carbonyl (C=O) groups excluding carboxylic acids is 2. The molecule has 128 valence electrons. The lowest BCUT2D eigenvalue weighted by Crippen LogP contribution is -2.14. The Labute approximate surface area is 148 Å². The Bertz CT molecular complexity index is 871. The topological polar surface area (TPSA) is 98.2 Å². The summed E-state index contributed by atoms with van der Waals surface area (Å²) in [6, 6.07) is 13.6. The van der Waals surface area contributed by atoms with Crippen LogP contribution in [0.15, 0.2) is 52.3 Å². The van der Waals surface area contributed by atoms with Crippen molar-refractivity contribution in [2.45, 2.75) is 19.3 Å². The lowest BCUT2D eigenvalue weighted by atomic mass is 10.2. The molecule has 0 unspecified atom stereocenters. The number of rotatable bonds is 7. The van der Waals surface area contributed by atoms with Crippen LogP contribution in [0, 0.1) is 0 Å². The molecule has 3 aromatic rings. The van der Waals surface area contributed by atoms with E-state index >= 15 is 0 Å². The fraction of sp³-hybridized carbons (Fsp3) is 0.167. The molecule has 2 amide bonds. The lowest BCUT2D eigenvalue weighted by molar-refractivity contribution is -0.117. The molecular weight excluding hydrogens is 338 g/mol. The Balaban J connectivity index is 1.52. The molecule has 1 aromatic carbocycles. The van der Waals surface area contributed by atoms with Crippen molar-refractivity contribution >= 4 is 28.3 Å². The maximum Gasteiger partial charge on any atom is 0.226 e. The number of nitrogens with two attached hydrogens (primary N) is 1. The summed E-state index contributed by atoms with van der Waals surface area (Å²) in [5, 5.41) is 4.89. The number of amides is 2. The fourth-order valence-corrected chi connectivity index (χ4v) is 3.04. The molecule has 0 saturated heterocycles. The van der Waals surface area contributed by atoms with E-state index in [1.807, 2.05) is 42.5 Å². The van der Waals surface area contributed by atoms with Gasteiger partial charge in [-0.1, -0.05) is 30.3 Å². The van der Waals surface area contributed by atoms with Gasteiger partial charge in [0, 0.05) is 23.8 Å². The average molecular weight is 355 g/mol. The van der Waals surface area contributed by atoms with Gasteiger partial charge in [-0.3, -0.25) is 9.59 Å². The largest absolute Gasteiger partial charge is 0.461 e. The highest BCUT2D eigenvalue weighted by atomic mass is 32.1. The van der Waals surface area contributed by atoms with Crippen molar-refractivity contribution in [2.75, 3.05) is 5.32 Å². The van der Waals surface area contributed by atoms with Crippen LogP contribution in [0.4, 0.5) is 5.13 Å². The van der Waals surface area contributed by atoms with Crippen LogP contribution in [0.5, 0.6) is 0 Å². The van der Waals surface area contributed by atoms with E-state index in [4.69, 9.17) is 10.2 Å². The van der Waals surface area contributed by atoms with Crippen molar-refractivity contribution in [1.29, 1.82) is 0 Å². The highest BCUT2D eigenvalue weighted by molar-refractivity contribution is 7.13. The van der Waals surface area contributed by atoms with Crippen LogP contribution in [0.25, 0.3) is 11.3 Å². The second kappa shape index (κ2) is 7.76. The zero-order valence-electron chi connectivity index (χ0n) is 13.4. The zero-order chi connectivity index (χ0) is 17.6. The predicted molar refractivity (Wildman–Crippen MR) is 96.1 cm³/mol. The van der Waals surface area contributed by atoms with Gasteiger partial charge in [-0.25, -0.2) is 4.98 Å². The minimum Gasteiger partial charge on any atom is -0.461 e. The Kier molecular flexibility index (Phi) is 5.25. The van der Waals surface area contributed by atoms with Crippen LogP contribution in [0.2, 0.25) is 0 Å². The number of anilines is 1. The zero-order valence-corrected chi connectivity index (χ0v) is 14.2. The molecule has 0 radical (unpaired) electrons. The van der Waals surface area contributed by atoms with Gasteiger partial charge in [-0.2, -0.15) is 0 Å². The molecule has 25 heavy (non-hydrogen) atoms. The molecule has 0 aliphatic heterocycles. The number of aromatic nitrogens is 1. The number of nitrogens with one attached hydrogen (secondary N) is 1. The molecule has 0 fully saturated rings. The smallest absolute Gasteiger partial charge is 0.226 e. The quantitative estimate of drug-likeness (QED) is 0.680. The average Bonchev–Trinajstić information content (AvgIpc) is 3.23. The first-order valence-electron chi connectivity index (χ1n) is 7.77. The summed E-state index contributed by atoms with van der Waals surface area (Å²) in [5.74, 6) is 0.933. The highest BCUT2D eigenvalue weighted by Gasteiger charge is 2.10. The van der Waals surface area contributed by atoms with Gasteiger partial charge in [-0.05, 0) is 12.1 Å². The van der Waals surface area contributed by atoms with Gasteiger partial charge in [0.1, 0.15) is 11.5 Å². The molecule has 0 aliphatic rings. The van der Waals surface area contributed by atoms with E-state index in [0.717, 1.165) is 17.1 Å². The van der Waals surface area contributed by atoms with Gasteiger partial charge < -0.3 is 15.5 Å². The third kappa shape index (κ3) is 4.77. The van der Waals surface area contributed by atoms with Gasteiger partial charge in [0.15, 0.2) is 5.13 Å². The third-order valence-corrected chi connectivity index (χ3v) is 4.28. The monoisotopic (exact) mass is 355 g/mol. The SMILES string of the molecule is NC(=O)Cc1csc(NC(=O)CCc2ccc(-c3ccccc3)o2)n1. The first-order valence-corrected chi connectivity index (χ1v) is 8.65. The van der Waals surface area contributed by atoms with Gasteiger partial charge in [0.2, 0.25) is 11.8 Å². The number of hydrogen-bond donors (Lipinski definition) is 2. The second-order valence-corrected chi connectivity index (χ2v) is 6.33. The van der Waals surface area contributed by atoms with Crippen LogP contribution in [-0.2, 0) is 22.4 Å². The van der Waals surface area contributed by atoms with E-state index in [0.29, 0.717) is 17.2 Å². The summed E-state index contributed by atoms with van der Waals surface area (Å²) >= 11 is 1.27. The fourth-order valence-electron chi connectivity index (χ4n) is 2.31. The highest BCUT2D eigenvalue weighted by Crippen LogP contribution is 2.22. The number of nitrogens with zero attached hydrogens (tertiary/aromatic N) is 1. The van der Waals surface area contributed by atoms with Crippen LogP contribution < -0.4 is 11.1 Å². The molecule has 3 rings (SSSR count). The molecule has 0 aliphatic carbocycles. The van der Waals surface area contributed by atoms with Crippen molar-refractivity contribution in [1.82, 2.24) is 4.98 Å². The van der Waals surface area contributed by atoms with Crippen LogP contribution in [0.3, 0.4) is 0 Å². The standard InChI is InChI=1S/C18H17N3O3S/c19-16(22)10-13-11-25-18(20-13)21-17(23)9-7-14-6-8-15(24-14)12-4-2-1-3-5-12/h1-6,8,11H,7,9-10H2,(H2,19,22)(H,20,21,23). The van der Waals surface area contributed by atoms with E-state index in [9.17, 15) is 9.59 Å². The van der Waals surface area contributed by atoms with Crippen molar-refractivity contribution < 1.29 is 14.0 Å². The van der Waals surface area contributed by atoms with Crippen molar-refractivity contribution in [2.24, 2.45) is 5.73 Å². The number of hydrogen-bond acceptors (Lipinski definition) is 5. The third-order valence-electron chi connectivity index (χ3n) is 3.47. The van der Waals surface area contributed by atoms with Gasteiger partial charge >= 0.3 is 0 Å². The number of furan rings is 1. The second-order valence-electron chi connectivity index (χ2n) is 5.47. The van der Waals surface area contributed by atoms with E-state index < -0.39 is 5.91 Å². The number of benzene rings is 1. The summed E-state index contributed by atoms with van der Waals surface area (Å²) in [6.07, 6.45) is 0.853. The van der Waals surface area contributed by atoms with E-state index in [2.05, 4.69) is 10.3 Å². The van der Waals surface area contributed by atoms with Gasteiger partial charge in [0.25, 0.3) is 0 Å². The van der Waals surface area contributed by atoms with Crippen LogP contribution >= 0.6 is 11.3 Å². The first kappa shape index (κ1) is 16.9. The maximum absolute atomic E-state index is 12.0. The molecule has 2 heterocycles. The normalized spacial score (nSPS) is 10.6. The summed E-state index contributed by atoms with van der Waals surface area (Å²) < 4.78 is 5.77. The van der Waals surface area contributed by atoms with E-state index in [1.54, 1.807) is 5.38 Å². The molecule has 7 heteroatoms. The molecular formula is C18H17N3O3S. The Hall–Kier alpha value is -2.93. The van der Waals surface area contributed by atoms with E-state index in [1.165, 1.54) is 11.3 Å². The minimum atomic E-state index is -0.449. The molecule has 2 aromatic heterocycles.